The third-order valence-corrected chi connectivity index (χ3v) is 3.66. The summed E-state index contributed by atoms with van der Waals surface area (Å²) >= 11 is 0. The van der Waals surface area contributed by atoms with E-state index in [0.29, 0.717) is 17.3 Å². The second-order valence-electron chi connectivity index (χ2n) is 4.74. The summed E-state index contributed by atoms with van der Waals surface area (Å²) in [5, 5.41) is 6.41. The smallest absolute Gasteiger partial charge is 0.198 e. The number of nitrogens with zero attached hydrogens (tertiary/aromatic N) is 1. The maximum Gasteiger partial charge on any atom is 0.198 e. The monoisotopic (exact) mass is 241 g/mol. The number of aromatic amines is 1. The molecule has 3 N–H and O–H groups in total. The number of anilines is 1. The minimum absolute atomic E-state index is 0.0382. The third-order valence-electron chi connectivity index (χ3n) is 3.66. The fourth-order valence-electron chi connectivity index (χ4n) is 2.40. The molecule has 1 heterocycles. The second kappa shape index (κ2) is 4.29. The standard InChI is InChI=1S/C14H15N3O/c15-14-12(8-16-17-14)13(18)11-7-2-1-6-10(11)9-4-3-5-9/h1-2,6-9H,3-5H2,(H3,15,16,17). The fraction of sp³-hybridized carbons (Fsp3) is 0.286. The number of ketones is 1. The first-order valence-electron chi connectivity index (χ1n) is 6.20. The van der Waals surface area contributed by atoms with Crippen molar-refractivity contribution in [3.05, 3.63) is 47.2 Å². The molecule has 4 nitrogen and oxygen atoms in total. The predicted octanol–water partition coefficient (Wildman–Crippen LogP) is 2.49. The number of hydrogen-bond donors (Lipinski definition) is 2. The molecule has 0 saturated heterocycles. The van der Waals surface area contributed by atoms with Crippen LogP contribution in [0.2, 0.25) is 0 Å². The molecule has 1 aromatic carbocycles. The van der Waals surface area contributed by atoms with Crippen molar-refractivity contribution in [1.82, 2.24) is 10.2 Å². The van der Waals surface area contributed by atoms with Crippen molar-refractivity contribution in [2.45, 2.75) is 25.2 Å². The quantitative estimate of drug-likeness (QED) is 0.811. The van der Waals surface area contributed by atoms with Gasteiger partial charge < -0.3 is 5.73 Å². The number of rotatable bonds is 3. The lowest BCUT2D eigenvalue weighted by Crippen LogP contribution is -2.14. The van der Waals surface area contributed by atoms with Gasteiger partial charge in [-0.05, 0) is 24.3 Å². The SMILES string of the molecule is Nc1[nH]ncc1C(=O)c1ccccc1C1CCC1. The normalized spacial score (nSPS) is 15.3. The Labute approximate surface area is 105 Å². The van der Waals surface area contributed by atoms with Gasteiger partial charge in [-0.1, -0.05) is 30.7 Å². The Hall–Kier alpha value is -2.10. The van der Waals surface area contributed by atoms with Crippen LogP contribution in [0.3, 0.4) is 0 Å². The number of hydrogen-bond acceptors (Lipinski definition) is 3. The zero-order chi connectivity index (χ0) is 12.5. The average Bonchev–Trinajstić information content (AvgIpc) is 2.73. The van der Waals surface area contributed by atoms with Gasteiger partial charge in [0.05, 0.1) is 11.8 Å². The molecule has 2 aromatic rings. The summed E-state index contributed by atoms with van der Waals surface area (Å²) in [4.78, 5) is 12.5. The Bertz CT molecular complexity index is 584. The van der Waals surface area contributed by atoms with E-state index in [1.54, 1.807) is 0 Å². The first kappa shape index (κ1) is 11.0. The van der Waals surface area contributed by atoms with Gasteiger partial charge in [0.25, 0.3) is 0 Å². The lowest BCUT2D eigenvalue weighted by atomic mass is 9.77. The second-order valence-corrected chi connectivity index (χ2v) is 4.74. The first-order chi connectivity index (χ1) is 8.77. The van der Waals surface area contributed by atoms with Crippen LogP contribution in [-0.4, -0.2) is 16.0 Å². The number of benzene rings is 1. The minimum atomic E-state index is -0.0382. The number of nitrogen functional groups attached to an aromatic ring is 1. The predicted molar refractivity (Wildman–Crippen MR) is 69.5 cm³/mol. The molecular weight excluding hydrogens is 226 g/mol. The zero-order valence-electron chi connectivity index (χ0n) is 10.0. The van der Waals surface area contributed by atoms with Crippen molar-refractivity contribution in [1.29, 1.82) is 0 Å². The first-order valence-corrected chi connectivity index (χ1v) is 6.20. The van der Waals surface area contributed by atoms with Crippen LogP contribution in [0.1, 0.15) is 46.7 Å². The molecule has 0 unspecified atom stereocenters. The van der Waals surface area contributed by atoms with Crippen molar-refractivity contribution in [2.75, 3.05) is 5.73 Å². The lowest BCUT2D eigenvalue weighted by molar-refractivity contribution is 0.103. The van der Waals surface area contributed by atoms with Crippen molar-refractivity contribution < 1.29 is 4.79 Å². The molecule has 1 fully saturated rings. The number of aromatic nitrogens is 2. The average molecular weight is 241 g/mol. The van der Waals surface area contributed by atoms with Gasteiger partial charge in [0.1, 0.15) is 5.82 Å². The van der Waals surface area contributed by atoms with Crippen LogP contribution in [0, 0.1) is 0 Å². The molecule has 0 bridgehead atoms. The molecule has 0 amide bonds. The van der Waals surface area contributed by atoms with Crippen LogP contribution in [0.15, 0.2) is 30.5 Å². The molecule has 0 spiro atoms. The summed E-state index contributed by atoms with van der Waals surface area (Å²) in [6.45, 7) is 0. The molecular formula is C14H15N3O. The molecule has 18 heavy (non-hydrogen) atoms. The van der Waals surface area contributed by atoms with Gasteiger partial charge in [0.2, 0.25) is 0 Å². The summed E-state index contributed by atoms with van der Waals surface area (Å²) in [5.41, 5.74) is 8.08. The van der Waals surface area contributed by atoms with Crippen LogP contribution in [0.25, 0.3) is 0 Å². The van der Waals surface area contributed by atoms with Gasteiger partial charge in [0.15, 0.2) is 5.78 Å². The van der Waals surface area contributed by atoms with Gasteiger partial charge >= 0.3 is 0 Å². The highest BCUT2D eigenvalue weighted by atomic mass is 16.1. The summed E-state index contributed by atoms with van der Waals surface area (Å²) in [7, 11) is 0. The number of carbonyl (C=O) groups is 1. The minimum Gasteiger partial charge on any atom is -0.383 e. The van der Waals surface area contributed by atoms with Crippen LogP contribution >= 0.6 is 0 Å². The Morgan fingerprint density at radius 1 is 1.28 bits per heavy atom. The maximum atomic E-state index is 12.5. The number of carbonyl (C=O) groups excluding carboxylic acids is 1. The molecule has 1 aliphatic carbocycles. The molecule has 1 aliphatic rings. The molecule has 0 radical (unpaired) electrons. The van der Waals surface area contributed by atoms with E-state index in [1.807, 2.05) is 24.3 Å². The van der Waals surface area contributed by atoms with E-state index in [2.05, 4.69) is 10.2 Å². The van der Waals surface area contributed by atoms with Gasteiger partial charge in [0, 0.05) is 5.56 Å². The topological polar surface area (TPSA) is 71.8 Å². The Morgan fingerprint density at radius 3 is 2.67 bits per heavy atom. The third kappa shape index (κ3) is 1.70. The Balaban J connectivity index is 2.01. The van der Waals surface area contributed by atoms with Crippen molar-refractivity contribution >= 4 is 11.6 Å². The highest BCUT2D eigenvalue weighted by Gasteiger charge is 2.25. The molecule has 1 saturated carbocycles. The summed E-state index contributed by atoms with van der Waals surface area (Å²) < 4.78 is 0. The van der Waals surface area contributed by atoms with Gasteiger partial charge in [-0.3, -0.25) is 9.89 Å². The Morgan fingerprint density at radius 2 is 2.06 bits per heavy atom. The lowest BCUT2D eigenvalue weighted by Gasteiger charge is -2.27. The van der Waals surface area contributed by atoms with Crippen LogP contribution in [0.4, 0.5) is 5.82 Å². The van der Waals surface area contributed by atoms with Crippen molar-refractivity contribution in [3.63, 3.8) is 0 Å². The van der Waals surface area contributed by atoms with E-state index in [-0.39, 0.29) is 5.78 Å². The molecule has 3 rings (SSSR count). The summed E-state index contributed by atoms with van der Waals surface area (Å²) in [6, 6.07) is 7.81. The van der Waals surface area contributed by atoms with Gasteiger partial charge in [-0.2, -0.15) is 5.10 Å². The van der Waals surface area contributed by atoms with E-state index in [9.17, 15) is 4.79 Å². The van der Waals surface area contributed by atoms with Gasteiger partial charge in [-0.15, -0.1) is 0 Å². The number of nitrogens with one attached hydrogen (secondary N) is 1. The van der Waals surface area contributed by atoms with Crippen molar-refractivity contribution in [2.24, 2.45) is 0 Å². The van der Waals surface area contributed by atoms with E-state index < -0.39 is 0 Å². The molecule has 0 aliphatic heterocycles. The van der Waals surface area contributed by atoms with E-state index in [4.69, 9.17) is 5.73 Å². The Kier molecular flexibility index (Phi) is 2.63. The van der Waals surface area contributed by atoms with Crippen LogP contribution in [0.5, 0.6) is 0 Å². The molecule has 1 aromatic heterocycles. The fourth-order valence-corrected chi connectivity index (χ4v) is 2.40. The molecule has 4 heteroatoms. The highest BCUT2D eigenvalue weighted by Crippen LogP contribution is 2.38. The molecule has 92 valence electrons. The highest BCUT2D eigenvalue weighted by molar-refractivity contribution is 6.12. The largest absolute Gasteiger partial charge is 0.383 e. The van der Waals surface area contributed by atoms with Crippen LogP contribution < -0.4 is 5.73 Å². The molecule has 0 atom stereocenters. The van der Waals surface area contributed by atoms with E-state index in [1.165, 1.54) is 25.5 Å². The number of H-pyrrole nitrogens is 1. The zero-order valence-corrected chi connectivity index (χ0v) is 10.0. The summed E-state index contributed by atoms with van der Waals surface area (Å²) in [6.07, 6.45) is 5.09. The summed E-state index contributed by atoms with van der Waals surface area (Å²) in [5.74, 6) is 0.824. The van der Waals surface area contributed by atoms with Crippen LogP contribution in [-0.2, 0) is 0 Å². The van der Waals surface area contributed by atoms with Crippen molar-refractivity contribution in [3.8, 4) is 0 Å². The number of nitrogens with two attached hydrogens (primary N) is 1. The maximum absolute atomic E-state index is 12.5. The van der Waals surface area contributed by atoms with E-state index >= 15 is 0 Å². The van der Waals surface area contributed by atoms with Gasteiger partial charge in [-0.25, -0.2) is 0 Å². The van der Waals surface area contributed by atoms with E-state index in [0.717, 1.165) is 11.1 Å².